The number of nitrogens with zero attached hydrogens (tertiary/aromatic N) is 6. The van der Waals surface area contributed by atoms with Crippen molar-refractivity contribution in [3.05, 3.63) is 212 Å². The lowest BCUT2D eigenvalue weighted by Gasteiger charge is -2.26. The molecule has 0 aliphatic rings. The highest BCUT2D eigenvalue weighted by atomic mass is 15.1. The number of para-hydroxylation sites is 6. The Kier molecular flexibility index (Phi) is 7.57. The van der Waals surface area contributed by atoms with Crippen LogP contribution in [0, 0.1) is 11.3 Å². The second kappa shape index (κ2) is 13.6. The minimum atomic E-state index is 0.476. The van der Waals surface area contributed by atoms with Crippen molar-refractivity contribution in [1.82, 2.24) is 23.7 Å². The zero-order chi connectivity index (χ0) is 41.6. The number of aromatic nitrogens is 5. The monoisotopic (exact) mass is 802 g/mol. The first-order valence-corrected chi connectivity index (χ1v) is 21.2. The molecule has 5 heterocycles. The average molecular weight is 803 g/mol. The molecule has 13 rings (SSSR count). The van der Waals surface area contributed by atoms with E-state index in [4.69, 9.17) is 9.97 Å². The van der Waals surface area contributed by atoms with Crippen LogP contribution in [0.5, 0.6) is 0 Å². The van der Waals surface area contributed by atoms with Gasteiger partial charge in [-0.15, -0.1) is 0 Å². The number of benzene rings is 8. The second-order valence-corrected chi connectivity index (χ2v) is 16.0. The third-order valence-corrected chi connectivity index (χ3v) is 12.8. The van der Waals surface area contributed by atoms with E-state index in [1.807, 2.05) is 6.20 Å². The van der Waals surface area contributed by atoms with Crippen molar-refractivity contribution >= 4 is 76.5 Å². The van der Waals surface area contributed by atoms with Gasteiger partial charge >= 0.3 is 0 Å². The molecule has 0 spiro atoms. The lowest BCUT2D eigenvalue weighted by molar-refractivity contribution is 1.11. The van der Waals surface area contributed by atoms with Gasteiger partial charge < -0.3 is 13.7 Å². The Morgan fingerprint density at radius 3 is 1.38 bits per heavy atom. The Labute approximate surface area is 361 Å². The SMILES string of the molecule is N#Cc1ccnc2c(-c3c(-n4c5ccccc5c5ccccc54)c(-n4c5ccccc5c5ccccc54)c4c5ccccc5n(-c5ccccc5)c4c3-c3ccccc3)ccnc12. The second-order valence-electron chi connectivity index (χ2n) is 16.0. The quantitative estimate of drug-likeness (QED) is 0.174. The van der Waals surface area contributed by atoms with E-state index in [0.29, 0.717) is 16.6 Å². The molecule has 5 aromatic heterocycles. The van der Waals surface area contributed by atoms with Gasteiger partial charge in [-0.3, -0.25) is 9.97 Å². The Morgan fingerprint density at radius 1 is 0.381 bits per heavy atom. The van der Waals surface area contributed by atoms with Gasteiger partial charge in [0, 0.05) is 67.1 Å². The fourth-order valence-corrected chi connectivity index (χ4v) is 10.3. The highest BCUT2D eigenvalue weighted by Gasteiger charge is 2.33. The van der Waals surface area contributed by atoms with Crippen LogP contribution in [0.15, 0.2) is 207 Å². The first kappa shape index (κ1) is 35.0. The molecule has 63 heavy (non-hydrogen) atoms. The number of nitriles is 1. The van der Waals surface area contributed by atoms with E-state index in [-0.39, 0.29) is 0 Å². The Morgan fingerprint density at radius 2 is 0.825 bits per heavy atom. The van der Waals surface area contributed by atoms with Gasteiger partial charge in [0.2, 0.25) is 0 Å². The Balaban J connectivity index is 1.43. The predicted molar refractivity (Wildman–Crippen MR) is 258 cm³/mol. The molecule has 8 aromatic carbocycles. The summed E-state index contributed by atoms with van der Waals surface area (Å²) in [4.78, 5) is 9.95. The van der Waals surface area contributed by atoms with Crippen LogP contribution in [0.1, 0.15) is 5.56 Å². The van der Waals surface area contributed by atoms with E-state index in [1.54, 1.807) is 12.3 Å². The van der Waals surface area contributed by atoms with Crippen molar-refractivity contribution in [3.8, 4) is 45.4 Å². The third kappa shape index (κ3) is 4.93. The molecule has 6 nitrogen and oxygen atoms in total. The van der Waals surface area contributed by atoms with Crippen LogP contribution >= 0.6 is 0 Å². The summed E-state index contributed by atoms with van der Waals surface area (Å²) in [5.74, 6) is 0. The molecule has 0 saturated carbocycles. The van der Waals surface area contributed by atoms with Crippen LogP contribution in [-0.2, 0) is 0 Å². The fraction of sp³-hybridized carbons (Fsp3) is 0. The number of fused-ring (bicyclic) bond motifs is 10. The number of hydrogen-bond acceptors (Lipinski definition) is 3. The number of rotatable bonds is 5. The molecule has 13 aromatic rings. The average Bonchev–Trinajstić information content (AvgIpc) is 3.99. The van der Waals surface area contributed by atoms with Gasteiger partial charge in [0.05, 0.1) is 55.6 Å². The van der Waals surface area contributed by atoms with Crippen molar-refractivity contribution in [2.24, 2.45) is 0 Å². The van der Waals surface area contributed by atoms with Gasteiger partial charge in [0.15, 0.2) is 0 Å². The minimum Gasteiger partial charge on any atom is -0.309 e. The maximum atomic E-state index is 10.5. The molecular weight excluding hydrogens is 769 g/mol. The van der Waals surface area contributed by atoms with Gasteiger partial charge in [-0.25, -0.2) is 0 Å². The van der Waals surface area contributed by atoms with E-state index in [9.17, 15) is 5.26 Å². The van der Waals surface area contributed by atoms with E-state index >= 15 is 0 Å². The Bertz CT molecular complexity index is 3930. The fourth-order valence-electron chi connectivity index (χ4n) is 10.3. The van der Waals surface area contributed by atoms with Crippen LogP contribution < -0.4 is 0 Å². The highest BCUT2D eigenvalue weighted by Crippen LogP contribution is 2.53. The molecule has 0 aliphatic carbocycles. The lowest BCUT2D eigenvalue weighted by atomic mass is 9.88. The summed E-state index contributed by atoms with van der Waals surface area (Å²) in [5.41, 5.74) is 15.2. The summed E-state index contributed by atoms with van der Waals surface area (Å²) in [7, 11) is 0. The lowest BCUT2D eigenvalue weighted by Crippen LogP contribution is -2.09. The van der Waals surface area contributed by atoms with Gasteiger partial charge in [-0.2, -0.15) is 5.26 Å². The molecule has 292 valence electrons. The largest absolute Gasteiger partial charge is 0.309 e. The first-order chi connectivity index (χ1) is 31.3. The molecule has 0 aliphatic heterocycles. The Hall–Kier alpha value is -8.79. The van der Waals surface area contributed by atoms with Crippen LogP contribution in [0.4, 0.5) is 0 Å². The van der Waals surface area contributed by atoms with Gasteiger partial charge in [-0.1, -0.05) is 140 Å². The molecule has 0 saturated heterocycles. The van der Waals surface area contributed by atoms with Crippen LogP contribution in [0.2, 0.25) is 0 Å². The third-order valence-electron chi connectivity index (χ3n) is 12.8. The predicted octanol–water partition coefficient (Wildman–Crippen LogP) is 14.1. The zero-order valence-electron chi connectivity index (χ0n) is 33.8. The normalized spacial score (nSPS) is 11.8. The number of pyridine rings is 2. The summed E-state index contributed by atoms with van der Waals surface area (Å²) in [6.07, 6.45) is 3.57. The molecule has 0 radical (unpaired) electrons. The molecule has 6 heteroatoms. The maximum Gasteiger partial charge on any atom is 0.107 e. The van der Waals surface area contributed by atoms with Crippen LogP contribution in [0.3, 0.4) is 0 Å². The van der Waals surface area contributed by atoms with Crippen LogP contribution in [0.25, 0.3) is 116 Å². The van der Waals surface area contributed by atoms with Gasteiger partial charge in [-0.05, 0) is 60.2 Å². The number of hydrogen-bond donors (Lipinski definition) is 0. The van der Waals surface area contributed by atoms with Crippen molar-refractivity contribution in [2.75, 3.05) is 0 Å². The maximum absolute atomic E-state index is 10.5. The molecule has 0 unspecified atom stereocenters. The van der Waals surface area contributed by atoms with Crippen molar-refractivity contribution in [1.29, 1.82) is 5.26 Å². The van der Waals surface area contributed by atoms with Crippen molar-refractivity contribution in [3.63, 3.8) is 0 Å². The minimum absolute atomic E-state index is 0.476. The summed E-state index contributed by atoms with van der Waals surface area (Å²) >= 11 is 0. The molecule has 0 bridgehead atoms. The standard InChI is InChI=1S/C57H34N6/c58-35-37-31-33-60-54-44(32-34-59-53(37)54)51-50(36-17-3-1-4-18-36)55-52(43-25-11-16-30-49(43)61(55)38-19-5-2-6-20-38)57(63-47-28-14-9-23-41(47)42-24-10-15-29-48(42)63)56(51)62-45-26-12-7-21-39(45)40-22-8-13-27-46(40)62/h1-34H. The smallest absolute Gasteiger partial charge is 0.107 e. The van der Waals surface area contributed by atoms with Crippen molar-refractivity contribution < 1.29 is 0 Å². The van der Waals surface area contributed by atoms with Crippen LogP contribution in [-0.4, -0.2) is 23.7 Å². The van der Waals surface area contributed by atoms with E-state index < -0.39 is 0 Å². The van der Waals surface area contributed by atoms with E-state index in [1.165, 1.54) is 10.8 Å². The van der Waals surface area contributed by atoms with Crippen molar-refractivity contribution in [2.45, 2.75) is 0 Å². The molecule has 0 amide bonds. The van der Waals surface area contributed by atoms with E-state index in [0.717, 1.165) is 94.0 Å². The zero-order valence-corrected chi connectivity index (χ0v) is 33.8. The summed E-state index contributed by atoms with van der Waals surface area (Å²) < 4.78 is 7.43. The summed E-state index contributed by atoms with van der Waals surface area (Å²) in [5, 5.41) is 17.4. The molecule has 0 fully saturated rings. The first-order valence-electron chi connectivity index (χ1n) is 21.2. The molecular formula is C57H34N6. The molecule has 0 atom stereocenters. The van der Waals surface area contributed by atoms with Gasteiger partial charge in [0.1, 0.15) is 11.6 Å². The highest BCUT2D eigenvalue weighted by molar-refractivity contribution is 6.26. The molecule has 0 N–H and O–H groups in total. The summed E-state index contributed by atoms with van der Waals surface area (Å²) in [6.45, 7) is 0. The topological polar surface area (TPSA) is 64.4 Å². The summed E-state index contributed by atoms with van der Waals surface area (Å²) in [6, 6.07) is 71.6. The van der Waals surface area contributed by atoms with Gasteiger partial charge in [0.25, 0.3) is 0 Å². The van der Waals surface area contributed by atoms with E-state index in [2.05, 4.69) is 208 Å².